The Balaban J connectivity index is 1.90. The second-order valence-electron chi connectivity index (χ2n) is 3.88. The number of anilines is 1. The molecule has 0 aliphatic carbocycles. The third-order valence-electron chi connectivity index (χ3n) is 2.67. The number of hydrogen-bond acceptors (Lipinski definition) is 2. The van der Waals surface area contributed by atoms with E-state index in [2.05, 4.69) is 34.7 Å². The van der Waals surface area contributed by atoms with Crippen LogP contribution < -0.4 is 5.43 Å². The van der Waals surface area contributed by atoms with E-state index in [1.807, 2.05) is 6.07 Å². The topological polar surface area (TPSA) is 15.3 Å². The zero-order chi connectivity index (χ0) is 9.64. The fraction of sp³-hybridized carbons (Fsp3) is 0.500. The molecule has 1 fully saturated rings. The molecule has 1 saturated heterocycles. The SMILES string of the molecule is c1ccc(NN2CCCCCC2)cc1. The highest BCUT2D eigenvalue weighted by molar-refractivity contribution is 5.41. The van der Waals surface area contributed by atoms with Crippen LogP contribution in [-0.4, -0.2) is 18.1 Å². The minimum Gasteiger partial charge on any atom is -0.319 e. The Morgan fingerprint density at radius 1 is 0.857 bits per heavy atom. The van der Waals surface area contributed by atoms with Crippen molar-refractivity contribution < 1.29 is 0 Å². The van der Waals surface area contributed by atoms with E-state index in [0.29, 0.717) is 0 Å². The molecule has 76 valence electrons. The van der Waals surface area contributed by atoms with E-state index < -0.39 is 0 Å². The summed E-state index contributed by atoms with van der Waals surface area (Å²) in [5, 5.41) is 2.34. The van der Waals surface area contributed by atoms with E-state index in [4.69, 9.17) is 0 Å². The standard InChI is InChI=1S/C12H18N2/c1-2-7-11-14(10-6-1)13-12-8-4-3-5-9-12/h3-5,8-9,13H,1-2,6-7,10-11H2. The van der Waals surface area contributed by atoms with E-state index in [1.165, 1.54) is 44.5 Å². The number of nitrogens with one attached hydrogen (secondary N) is 1. The quantitative estimate of drug-likeness (QED) is 0.771. The van der Waals surface area contributed by atoms with E-state index in [9.17, 15) is 0 Å². The molecule has 0 unspecified atom stereocenters. The van der Waals surface area contributed by atoms with Crippen molar-refractivity contribution in [3.05, 3.63) is 30.3 Å². The van der Waals surface area contributed by atoms with Crippen LogP contribution in [0.2, 0.25) is 0 Å². The van der Waals surface area contributed by atoms with E-state index in [-0.39, 0.29) is 0 Å². The van der Waals surface area contributed by atoms with Gasteiger partial charge in [-0.05, 0) is 25.0 Å². The first-order valence-corrected chi connectivity index (χ1v) is 5.52. The highest BCUT2D eigenvalue weighted by Gasteiger charge is 2.07. The molecule has 2 heteroatoms. The number of para-hydroxylation sites is 1. The molecule has 1 aliphatic heterocycles. The van der Waals surface area contributed by atoms with Crippen molar-refractivity contribution in [3.63, 3.8) is 0 Å². The second kappa shape index (κ2) is 5.01. The molecule has 1 aromatic rings. The van der Waals surface area contributed by atoms with Gasteiger partial charge in [-0.15, -0.1) is 0 Å². The Hall–Kier alpha value is -1.02. The summed E-state index contributed by atoms with van der Waals surface area (Å²) in [7, 11) is 0. The summed E-state index contributed by atoms with van der Waals surface area (Å²) in [6.07, 6.45) is 5.40. The van der Waals surface area contributed by atoms with E-state index in [1.54, 1.807) is 0 Å². The molecule has 2 nitrogen and oxygen atoms in total. The average Bonchev–Trinajstić information content (AvgIpc) is 2.48. The molecule has 0 atom stereocenters. The number of nitrogens with zero attached hydrogens (tertiary/aromatic N) is 1. The molecule has 1 heterocycles. The molecular formula is C12H18N2. The van der Waals surface area contributed by atoms with Crippen molar-refractivity contribution in [2.45, 2.75) is 25.7 Å². The van der Waals surface area contributed by atoms with Gasteiger partial charge in [0.1, 0.15) is 0 Å². The molecule has 0 radical (unpaired) electrons. The fourth-order valence-electron chi connectivity index (χ4n) is 1.88. The lowest BCUT2D eigenvalue weighted by molar-refractivity contribution is 0.344. The molecule has 0 aromatic heterocycles. The van der Waals surface area contributed by atoms with E-state index in [0.717, 1.165) is 0 Å². The molecular weight excluding hydrogens is 172 g/mol. The van der Waals surface area contributed by atoms with Crippen molar-refractivity contribution in [2.75, 3.05) is 18.5 Å². The molecule has 0 spiro atoms. The van der Waals surface area contributed by atoms with E-state index >= 15 is 0 Å². The molecule has 1 N–H and O–H groups in total. The minimum atomic E-state index is 1.18. The number of benzene rings is 1. The lowest BCUT2D eigenvalue weighted by Crippen LogP contribution is -2.30. The Bertz CT molecular complexity index is 250. The van der Waals surface area contributed by atoms with Crippen LogP contribution in [0.5, 0.6) is 0 Å². The summed E-state index contributed by atoms with van der Waals surface area (Å²) in [6.45, 7) is 2.35. The van der Waals surface area contributed by atoms with Crippen LogP contribution in [0.15, 0.2) is 30.3 Å². The number of hydrogen-bond donors (Lipinski definition) is 1. The molecule has 0 saturated carbocycles. The maximum absolute atomic E-state index is 3.45. The Kier molecular flexibility index (Phi) is 3.41. The summed E-state index contributed by atoms with van der Waals surface area (Å²) >= 11 is 0. The molecule has 0 amide bonds. The third-order valence-corrected chi connectivity index (χ3v) is 2.67. The van der Waals surface area contributed by atoms with Gasteiger partial charge in [-0.3, -0.25) is 0 Å². The maximum atomic E-state index is 3.45. The van der Waals surface area contributed by atoms with Crippen LogP contribution in [0.4, 0.5) is 5.69 Å². The van der Waals surface area contributed by atoms with Gasteiger partial charge >= 0.3 is 0 Å². The number of rotatable bonds is 2. The predicted octanol–water partition coefficient (Wildman–Crippen LogP) is 2.89. The highest BCUT2D eigenvalue weighted by atomic mass is 15.5. The van der Waals surface area contributed by atoms with Gasteiger partial charge in [-0.25, -0.2) is 5.01 Å². The summed E-state index contributed by atoms with van der Waals surface area (Å²) in [5.74, 6) is 0. The lowest BCUT2D eigenvalue weighted by Gasteiger charge is -2.21. The normalized spacial score (nSPS) is 18.9. The zero-order valence-corrected chi connectivity index (χ0v) is 8.58. The number of hydrazine groups is 1. The molecule has 0 bridgehead atoms. The first kappa shape index (κ1) is 9.53. The van der Waals surface area contributed by atoms with Crippen molar-refractivity contribution >= 4 is 5.69 Å². The van der Waals surface area contributed by atoms with Crippen molar-refractivity contribution in [1.82, 2.24) is 5.01 Å². The summed E-state index contributed by atoms with van der Waals surface area (Å²) in [5.41, 5.74) is 4.66. The predicted molar refractivity (Wildman–Crippen MR) is 60.1 cm³/mol. The van der Waals surface area contributed by atoms with Gasteiger partial charge in [-0.1, -0.05) is 31.0 Å². The van der Waals surface area contributed by atoms with Crippen molar-refractivity contribution in [3.8, 4) is 0 Å². The summed E-state index contributed by atoms with van der Waals surface area (Å²) < 4.78 is 0. The van der Waals surface area contributed by atoms with Crippen LogP contribution in [0.25, 0.3) is 0 Å². The largest absolute Gasteiger partial charge is 0.319 e. The summed E-state index contributed by atoms with van der Waals surface area (Å²) in [4.78, 5) is 0. The van der Waals surface area contributed by atoms with Crippen LogP contribution in [-0.2, 0) is 0 Å². The fourth-order valence-corrected chi connectivity index (χ4v) is 1.88. The first-order valence-electron chi connectivity index (χ1n) is 5.52. The van der Waals surface area contributed by atoms with Crippen molar-refractivity contribution in [2.24, 2.45) is 0 Å². The monoisotopic (exact) mass is 190 g/mol. The van der Waals surface area contributed by atoms with Crippen LogP contribution in [0.1, 0.15) is 25.7 Å². The zero-order valence-electron chi connectivity index (χ0n) is 8.58. The Morgan fingerprint density at radius 2 is 1.50 bits per heavy atom. The van der Waals surface area contributed by atoms with Gasteiger partial charge in [0.2, 0.25) is 0 Å². The van der Waals surface area contributed by atoms with Gasteiger partial charge < -0.3 is 5.43 Å². The molecule has 2 rings (SSSR count). The minimum absolute atomic E-state index is 1.18. The third kappa shape index (κ3) is 2.74. The van der Waals surface area contributed by atoms with Gasteiger partial charge in [0.05, 0.1) is 0 Å². The lowest BCUT2D eigenvalue weighted by atomic mass is 10.2. The van der Waals surface area contributed by atoms with Crippen LogP contribution in [0.3, 0.4) is 0 Å². The molecule has 14 heavy (non-hydrogen) atoms. The Labute approximate surface area is 85.9 Å². The maximum Gasteiger partial charge on any atom is 0.0490 e. The van der Waals surface area contributed by atoms with Gasteiger partial charge in [0, 0.05) is 18.8 Å². The van der Waals surface area contributed by atoms with Crippen LogP contribution in [0, 0.1) is 0 Å². The van der Waals surface area contributed by atoms with Crippen molar-refractivity contribution in [1.29, 1.82) is 0 Å². The molecule has 1 aliphatic rings. The van der Waals surface area contributed by atoms with Crippen LogP contribution >= 0.6 is 0 Å². The Morgan fingerprint density at radius 3 is 2.14 bits per heavy atom. The highest BCUT2D eigenvalue weighted by Crippen LogP contribution is 2.12. The van der Waals surface area contributed by atoms with Gasteiger partial charge in [-0.2, -0.15) is 0 Å². The van der Waals surface area contributed by atoms with Gasteiger partial charge in [0.15, 0.2) is 0 Å². The second-order valence-corrected chi connectivity index (χ2v) is 3.88. The molecule has 1 aromatic carbocycles. The smallest absolute Gasteiger partial charge is 0.0490 e. The average molecular weight is 190 g/mol. The van der Waals surface area contributed by atoms with Gasteiger partial charge in [0.25, 0.3) is 0 Å². The summed E-state index contributed by atoms with van der Waals surface area (Å²) in [6, 6.07) is 10.4. The first-order chi connectivity index (χ1) is 6.95.